The van der Waals surface area contributed by atoms with Crippen LogP contribution in [0.2, 0.25) is 0 Å². The predicted octanol–water partition coefficient (Wildman–Crippen LogP) is 3.20. The standard InChI is InChI=1S/C26H28N6O2/c1-19-24(26(33)31-15-13-30(14-16-31)17-20-9-5-3-6-10-20)27-28-25-23(21-11-7-4-8-12-21)22(18-34-2)29-32(19)25/h3-12H,13-18H2,1-2H3. The van der Waals surface area contributed by atoms with Crippen LogP contribution in [-0.2, 0) is 17.9 Å². The fraction of sp³-hybridized carbons (Fsp3) is 0.308. The number of hydrogen-bond acceptors (Lipinski definition) is 6. The van der Waals surface area contributed by atoms with Crippen molar-refractivity contribution in [3.05, 3.63) is 83.3 Å². The normalized spacial score (nSPS) is 14.6. The maximum Gasteiger partial charge on any atom is 0.276 e. The molecule has 174 valence electrons. The fourth-order valence-electron chi connectivity index (χ4n) is 4.49. The second-order valence-electron chi connectivity index (χ2n) is 8.54. The van der Waals surface area contributed by atoms with Crippen molar-refractivity contribution in [2.45, 2.75) is 20.1 Å². The van der Waals surface area contributed by atoms with E-state index in [1.54, 1.807) is 11.6 Å². The lowest BCUT2D eigenvalue weighted by molar-refractivity contribution is 0.0620. The van der Waals surface area contributed by atoms with E-state index >= 15 is 0 Å². The third-order valence-electron chi connectivity index (χ3n) is 6.29. The van der Waals surface area contributed by atoms with Gasteiger partial charge in [-0.2, -0.15) is 5.10 Å². The average Bonchev–Trinajstić information content (AvgIpc) is 3.25. The van der Waals surface area contributed by atoms with E-state index in [0.29, 0.717) is 36.7 Å². The van der Waals surface area contributed by atoms with Crippen LogP contribution in [0, 0.1) is 6.92 Å². The number of aryl methyl sites for hydroxylation is 1. The first kappa shape index (κ1) is 22.2. The first-order valence-electron chi connectivity index (χ1n) is 11.5. The molecule has 1 fully saturated rings. The van der Waals surface area contributed by atoms with Crippen LogP contribution < -0.4 is 0 Å². The van der Waals surface area contributed by atoms with Crippen LogP contribution >= 0.6 is 0 Å². The molecule has 0 bridgehead atoms. The van der Waals surface area contributed by atoms with Gasteiger partial charge in [0.25, 0.3) is 5.91 Å². The minimum atomic E-state index is -0.101. The lowest BCUT2D eigenvalue weighted by Gasteiger charge is -2.34. The van der Waals surface area contributed by atoms with Gasteiger partial charge in [0.15, 0.2) is 11.3 Å². The molecule has 0 spiro atoms. The molecule has 1 saturated heterocycles. The molecule has 0 aliphatic carbocycles. The fourth-order valence-corrected chi connectivity index (χ4v) is 4.49. The molecule has 0 atom stereocenters. The number of carbonyl (C=O) groups excluding carboxylic acids is 1. The van der Waals surface area contributed by atoms with E-state index in [2.05, 4.69) is 39.4 Å². The Morgan fingerprint density at radius 2 is 1.62 bits per heavy atom. The molecule has 0 saturated carbocycles. The summed E-state index contributed by atoms with van der Waals surface area (Å²) in [5.74, 6) is -0.101. The lowest BCUT2D eigenvalue weighted by atomic mass is 10.1. The molecule has 1 aliphatic rings. The van der Waals surface area contributed by atoms with Gasteiger partial charge in [0.05, 0.1) is 23.6 Å². The number of hydrogen-bond donors (Lipinski definition) is 0. The number of amides is 1. The monoisotopic (exact) mass is 456 g/mol. The predicted molar refractivity (Wildman–Crippen MR) is 129 cm³/mol. The van der Waals surface area contributed by atoms with Crippen molar-refractivity contribution in [1.29, 1.82) is 0 Å². The molecular weight excluding hydrogens is 428 g/mol. The van der Waals surface area contributed by atoms with Gasteiger partial charge >= 0.3 is 0 Å². The average molecular weight is 457 g/mol. The second kappa shape index (κ2) is 9.70. The van der Waals surface area contributed by atoms with E-state index in [0.717, 1.165) is 36.5 Å². The summed E-state index contributed by atoms with van der Waals surface area (Å²) in [7, 11) is 1.64. The number of methoxy groups -OCH3 is 1. The number of aromatic nitrogens is 4. The van der Waals surface area contributed by atoms with Gasteiger partial charge in [-0.25, -0.2) is 4.52 Å². The van der Waals surface area contributed by atoms with Gasteiger partial charge in [-0.3, -0.25) is 9.69 Å². The van der Waals surface area contributed by atoms with Crippen molar-refractivity contribution in [2.24, 2.45) is 0 Å². The molecule has 8 heteroatoms. The van der Waals surface area contributed by atoms with Crippen LogP contribution in [-0.4, -0.2) is 68.8 Å². The summed E-state index contributed by atoms with van der Waals surface area (Å²) < 4.78 is 7.11. The van der Waals surface area contributed by atoms with Crippen LogP contribution in [0.4, 0.5) is 0 Å². The summed E-state index contributed by atoms with van der Waals surface area (Å²) in [6.07, 6.45) is 0. The molecule has 2 aromatic heterocycles. The number of piperazine rings is 1. The third-order valence-corrected chi connectivity index (χ3v) is 6.29. The van der Waals surface area contributed by atoms with E-state index in [9.17, 15) is 4.79 Å². The summed E-state index contributed by atoms with van der Waals surface area (Å²) in [6.45, 7) is 6.09. The van der Waals surface area contributed by atoms with E-state index in [4.69, 9.17) is 9.84 Å². The Labute approximate surface area is 198 Å². The lowest BCUT2D eigenvalue weighted by Crippen LogP contribution is -2.48. The van der Waals surface area contributed by atoms with Crippen molar-refractivity contribution < 1.29 is 9.53 Å². The van der Waals surface area contributed by atoms with Crippen LogP contribution in [0.1, 0.15) is 27.4 Å². The molecule has 5 rings (SSSR count). The quantitative estimate of drug-likeness (QED) is 0.444. The molecule has 3 heterocycles. The smallest absolute Gasteiger partial charge is 0.276 e. The molecule has 0 N–H and O–H groups in total. The van der Waals surface area contributed by atoms with E-state index in [1.807, 2.05) is 48.2 Å². The number of benzene rings is 2. The van der Waals surface area contributed by atoms with E-state index in [-0.39, 0.29) is 5.91 Å². The number of carbonyl (C=O) groups is 1. The van der Waals surface area contributed by atoms with Gasteiger partial charge in [-0.1, -0.05) is 60.7 Å². The van der Waals surface area contributed by atoms with Gasteiger partial charge in [-0.05, 0) is 18.1 Å². The van der Waals surface area contributed by atoms with Gasteiger partial charge in [0.1, 0.15) is 0 Å². The highest BCUT2D eigenvalue weighted by Gasteiger charge is 2.27. The summed E-state index contributed by atoms with van der Waals surface area (Å²) >= 11 is 0. The minimum absolute atomic E-state index is 0.101. The number of fused-ring (bicyclic) bond motifs is 1. The van der Waals surface area contributed by atoms with Crippen LogP contribution in [0.15, 0.2) is 60.7 Å². The zero-order chi connectivity index (χ0) is 23.5. The molecule has 34 heavy (non-hydrogen) atoms. The van der Waals surface area contributed by atoms with E-state index in [1.165, 1.54) is 5.56 Å². The Hall–Kier alpha value is -3.62. The maximum absolute atomic E-state index is 13.4. The van der Waals surface area contributed by atoms with Crippen molar-refractivity contribution in [1.82, 2.24) is 29.6 Å². The topological polar surface area (TPSA) is 75.9 Å². The molecular formula is C26H28N6O2. The first-order valence-corrected chi connectivity index (χ1v) is 11.5. The highest BCUT2D eigenvalue weighted by atomic mass is 16.5. The van der Waals surface area contributed by atoms with Crippen LogP contribution in [0.5, 0.6) is 0 Å². The van der Waals surface area contributed by atoms with Gasteiger partial charge in [-0.15, -0.1) is 10.2 Å². The molecule has 1 amide bonds. The first-order chi connectivity index (χ1) is 16.7. The van der Waals surface area contributed by atoms with Crippen LogP contribution in [0.25, 0.3) is 16.8 Å². The summed E-state index contributed by atoms with van der Waals surface area (Å²) in [6, 6.07) is 20.4. The van der Waals surface area contributed by atoms with Crippen LogP contribution in [0.3, 0.4) is 0 Å². The largest absolute Gasteiger partial charge is 0.378 e. The van der Waals surface area contributed by atoms with Crippen molar-refractivity contribution in [3.63, 3.8) is 0 Å². The second-order valence-corrected chi connectivity index (χ2v) is 8.54. The highest BCUT2D eigenvalue weighted by Crippen LogP contribution is 2.28. The summed E-state index contributed by atoms with van der Waals surface area (Å²) in [5, 5.41) is 13.6. The zero-order valence-corrected chi connectivity index (χ0v) is 19.5. The minimum Gasteiger partial charge on any atom is -0.378 e. The molecule has 0 radical (unpaired) electrons. The SMILES string of the molecule is COCc1nn2c(C)c(C(=O)N3CCN(Cc4ccccc4)CC3)nnc2c1-c1ccccc1. The van der Waals surface area contributed by atoms with Crippen molar-refractivity contribution >= 4 is 11.6 Å². The molecule has 1 aliphatic heterocycles. The number of rotatable bonds is 6. The van der Waals surface area contributed by atoms with Crippen molar-refractivity contribution in [2.75, 3.05) is 33.3 Å². The Bertz CT molecular complexity index is 1280. The Balaban J connectivity index is 1.38. The number of ether oxygens (including phenoxy) is 1. The Kier molecular flexibility index (Phi) is 6.33. The zero-order valence-electron chi connectivity index (χ0n) is 19.5. The van der Waals surface area contributed by atoms with Gasteiger partial charge < -0.3 is 9.64 Å². The van der Waals surface area contributed by atoms with Gasteiger partial charge in [0, 0.05) is 39.8 Å². The molecule has 2 aromatic carbocycles. The molecule has 4 aromatic rings. The Morgan fingerprint density at radius 3 is 2.29 bits per heavy atom. The van der Waals surface area contributed by atoms with Gasteiger partial charge in [0.2, 0.25) is 0 Å². The maximum atomic E-state index is 13.4. The molecule has 8 nitrogen and oxygen atoms in total. The van der Waals surface area contributed by atoms with E-state index < -0.39 is 0 Å². The summed E-state index contributed by atoms with van der Waals surface area (Å²) in [5.41, 5.74) is 5.58. The van der Waals surface area contributed by atoms with Crippen molar-refractivity contribution in [3.8, 4) is 11.1 Å². The molecule has 0 unspecified atom stereocenters. The Morgan fingerprint density at radius 1 is 0.941 bits per heavy atom. The third kappa shape index (κ3) is 4.30. The highest BCUT2D eigenvalue weighted by molar-refractivity contribution is 5.93. The number of nitrogens with zero attached hydrogens (tertiary/aromatic N) is 6. The summed E-state index contributed by atoms with van der Waals surface area (Å²) in [4.78, 5) is 17.6.